The van der Waals surface area contributed by atoms with Crippen LogP contribution in [0.3, 0.4) is 0 Å². The molecular formula is C21H18N2O3. The molecule has 0 saturated heterocycles. The number of likely N-dealkylation sites (N-methyl/N-ethyl adjacent to an activating group) is 1. The molecule has 1 aromatic heterocycles. The van der Waals surface area contributed by atoms with Crippen LogP contribution in [0.25, 0.3) is 22.2 Å². The molecule has 0 saturated carbocycles. The van der Waals surface area contributed by atoms with E-state index in [9.17, 15) is 4.79 Å². The summed E-state index contributed by atoms with van der Waals surface area (Å²) in [7, 11) is 1.76. The molecule has 1 aliphatic heterocycles. The van der Waals surface area contributed by atoms with Crippen molar-refractivity contribution in [3.8, 4) is 22.8 Å². The Labute approximate surface area is 151 Å². The summed E-state index contributed by atoms with van der Waals surface area (Å²) in [6.45, 7) is 4.41. The van der Waals surface area contributed by atoms with Crippen molar-refractivity contribution in [2.24, 2.45) is 0 Å². The summed E-state index contributed by atoms with van der Waals surface area (Å²) in [6, 6.07) is 15.2. The largest absolute Gasteiger partial charge is 0.454 e. The monoisotopic (exact) mass is 346 g/mol. The minimum atomic E-state index is -0.0644. The molecule has 0 aliphatic carbocycles. The second-order valence-corrected chi connectivity index (χ2v) is 6.11. The Kier molecular flexibility index (Phi) is 4.05. The minimum absolute atomic E-state index is 0.0644. The SMILES string of the molecule is C=CCN(C)C(=O)c1cc(-c2ccc3c(c2)OCO3)nc2ccccc12. The van der Waals surface area contributed by atoms with Gasteiger partial charge in [0, 0.05) is 24.5 Å². The zero-order valence-electron chi connectivity index (χ0n) is 14.4. The molecule has 1 aliphatic rings. The van der Waals surface area contributed by atoms with E-state index in [2.05, 4.69) is 6.58 Å². The van der Waals surface area contributed by atoms with Gasteiger partial charge in [-0.3, -0.25) is 4.79 Å². The van der Waals surface area contributed by atoms with Gasteiger partial charge in [0.15, 0.2) is 11.5 Å². The smallest absolute Gasteiger partial charge is 0.254 e. The van der Waals surface area contributed by atoms with E-state index in [1.54, 1.807) is 18.0 Å². The number of pyridine rings is 1. The van der Waals surface area contributed by atoms with Gasteiger partial charge in [-0.25, -0.2) is 4.98 Å². The number of hydrogen-bond donors (Lipinski definition) is 0. The quantitative estimate of drug-likeness (QED) is 0.673. The maximum absolute atomic E-state index is 12.9. The average molecular weight is 346 g/mol. The highest BCUT2D eigenvalue weighted by atomic mass is 16.7. The Balaban J connectivity index is 1.86. The molecule has 5 nitrogen and oxygen atoms in total. The van der Waals surface area contributed by atoms with E-state index in [1.165, 1.54) is 0 Å². The van der Waals surface area contributed by atoms with Crippen LogP contribution in [0.2, 0.25) is 0 Å². The summed E-state index contributed by atoms with van der Waals surface area (Å²) in [4.78, 5) is 19.3. The fourth-order valence-electron chi connectivity index (χ4n) is 3.04. The summed E-state index contributed by atoms with van der Waals surface area (Å²) in [5, 5.41) is 0.831. The van der Waals surface area contributed by atoms with Gasteiger partial charge in [-0.05, 0) is 30.3 Å². The van der Waals surface area contributed by atoms with Crippen LogP contribution in [0.1, 0.15) is 10.4 Å². The van der Waals surface area contributed by atoms with E-state index in [4.69, 9.17) is 14.5 Å². The highest BCUT2D eigenvalue weighted by Crippen LogP contribution is 2.36. The van der Waals surface area contributed by atoms with E-state index in [1.807, 2.05) is 48.5 Å². The van der Waals surface area contributed by atoms with Crippen LogP contribution in [0.5, 0.6) is 11.5 Å². The van der Waals surface area contributed by atoms with Crippen molar-refractivity contribution in [3.05, 3.63) is 66.7 Å². The number of para-hydroxylation sites is 1. The first-order valence-electron chi connectivity index (χ1n) is 8.33. The average Bonchev–Trinajstić information content (AvgIpc) is 3.14. The Morgan fingerprint density at radius 3 is 2.85 bits per heavy atom. The van der Waals surface area contributed by atoms with Gasteiger partial charge in [0.1, 0.15) is 0 Å². The lowest BCUT2D eigenvalue weighted by Gasteiger charge is -2.17. The van der Waals surface area contributed by atoms with Crippen molar-refractivity contribution in [3.63, 3.8) is 0 Å². The number of benzene rings is 2. The molecule has 0 atom stereocenters. The number of nitrogens with zero attached hydrogens (tertiary/aromatic N) is 2. The van der Waals surface area contributed by atoms with Gasteiger partial charge in [-0.2, -0.15) is 0 Å². The Hall–Kier alpha value is -3.34. The van der Waals surface area contributed by atoms with E-state index < -0.39 is 0 Å². The van der Waals surface area contributed by atoms with Gasteiger partial charge in [0.25, 0.3) is 5.91 Å². The van der Waals surface area contributed by atoms with Gasteiger partial charge < -0.3 is 14.4 Å². The molecule has 0 bridgehead atoms. The van der Waals surface area contributed by atoms with Crippen LogP contribution in [0, 0.1) is 0 Å². The van der Waals surface area contributed by atoms with Crippen molar-refractivity contribution < 1.29 is 14.3 Å². The van der Waals surface area contributed by atoms with Gasteiger partial charge in [-0.1, -0.05) is 24.3 Å². The number of rotatable bonds is 4. The predicted molar refractivity (Wildman–Crippen MR) is 100 cm³/mol. The predicted octanol–water partition coefficient (Wildman–Crippen LogP) is 3.89. The van der Waals surface area contributed by atoms with Gasteiger partial charge in [-0.15, -0.1) is 6.58 Å². The molecule has 2 heterocycles. The van der Waals surface area contributed by atoms with Crippen molar-refractivity contribution in [2.75, 3.05) is 20.4 Å². The Morgan fingerprint density at radius 1 is 1.19 bits per heavy atom. The van der Waals surface area contributed by atoms with Crippen LogP contribution in [-0.4, -0.2) is 36.2 Å². The second kappa shape index (κ2) is 6.52. The zero-order chi connectivity index (χ0) is 18.1. The number of hydrogen-bond acceptors (Lipinski definition) is 4. The zero-order valence-corrected chi connectivity index (χ0v) is 14.4. The first-order valence-corrected chi connectivity index (χ1v) is 8.33. The van der Waals surface area contributed by atoms with Gasteiger partial charge in [0.05, 0.1) is 16.8 Å². The van der Waals surface area contributed by atoms with Gasteiger partial charge in [0.2, 0.25) is 6.79 Å². The summed E-state index contributed by atoms with van der Waals surface area (Å²) in [5.41, 5.74) is 2.99. The van der Waals surface area contributed by atoms with Crippen molar-refractivity contribution in [2.45, 2.75) is 0 Å². The number of carbonyl (C=O) groups is 1. The number of carbonyl (C=O) groups excluding carboxylic acids is 1. The van der Waals surface area contributed by atoms with Crippen LogP contribution < -0.4 is 9.47 Å². The van der Waals surface area contributed by atoms with Crippen molar-refractivity contribution in [1.82, 2.24) is 9.88 Å². The number of ether oxygens (including phenoxy) is 2. The molecular weight excluding hydrogens is 328 g/mol. The summed E-state index contributed by atoms with van der Waals surface area (Å²) >= 11 is 0. The fraction of sp³-hybridized carbons (Fsp3) is 0.143. The molecule has 0 unspecified atom stereocenters. The first kappa shape index (κ1) is 16.1. The van der Waals surface area contributed by atoms with Gasteiger partial charge >= 0.3 is 0 Å². The molecule has 1 amide bonds. The third-order valence-electron chi connectivity index (χ3n) is 4.36. The van der Waals surface area contributed by atoms with Crippen molar-refractivity contribution >= 4 is 16.8 Å². The summed E-state index contributed by atoms with van der Waals surface area (Å²) < 4.78 is 10.8. The normalized spacial score (nSPS) is 12.2. The first-order chi connectivity index (χ1) is 12.7. The third-order valence-corrected chi connectivity index (χ3v) is 4.36. The number of aromatic nitrogens is 1. The highest BCUT2D eigenvalue weighted by molar-refractivity contribution is 6.07. The lowest BCUT2D eigenvalue weighted by molar-refractivity contribution is 0.0812. The summed E-state index contributed by atoms with van der Waals surface area (Å²) in [5.74, 6) is 1.34. The molecule has 0 radical (unpaired) electrons. The van der Waals surface area contributed by atoms with E-state index >= 15 is 0 Å². The Bertz CT molecular complexity index is 1010. The molecule has 0 fully saturated rings. The Morgan fingerprint density at radius 2 is 2.00 bits per heavy atom. The molecule has 0 N–H and O–H groups in total. The van der Waals surface area contributed by atoms with E-state index in [0.29, 0.717) is 17.9 Å². The maximum atomic E-state index is 12.9. The second-order valence-electron chi connectivity index (χ2n) is 6.11. The maximum Gasteiger partial charge on any atom is 0.254 e. The number of fused-ring (bicyclic) bond motifs is 2. The third kappa shape index (κ3) is 2.77. The van der Waals surface area contributed by atoms with Crippen LogP contribution in [0.15, 0.2) is 61.2 Å². The van der Waals surface area contributed by atoms with Crippen molar-refractivity contribution in [1.29, 1.82) is 0 Å². The van der Waals surface area contributed by atoms with E-state index in [-0.39, 0.29) is 12.7 Å². The van der Waals surface area contributed by atoms with Crippen LogP contribution in [0.4, 0.5) is 0 Å². The minimum Gasteiger partial charge on any atom is -0.454 e. The summed E-state index contributed by atoms with van der Waals surface area (Å²) in [6.07, 6.45) is 1.71. The van der Waals surface area contributed by atoms with Crippen LogP contribution >= 0.6 is 0 Å². The molecule has 5 heteroatoms. The fourth-order valence-corrected chi connectivity index (χ4v) is 3.04. The van der Waals surface area contributed by atoms with E-state index in [0.717, 1.165) is 27.9 Å². The molecule has 3 aromatic rings. The van der Waals surface area contributed by atoms with Crippen LogP contribution in [-0.2, 0) is 0 Å². The molecule has 2 aromatic carbocycles. The lowest BCUT2D eigenvalue weighted by Crippen LogP contribution is -2.27. The lowest BCUT2D eigenvalue weighted by atomic mass is 10.0. The molecule has 26 heavy (non-hydrogen) atoms. The highest BCUT2D eigenvalue weighted by Gasteiger charge is 2.19. The molecule has 4 rings (SSSR count). The topological polar surface area (TPSA) is 51.7 Å². The number of amides is 1. The standard InChI is InChI=1S/C21H18N2O3/c1-3-10-23(2)21(24)16-12-18(22-17-7-5-4-6-15(16)17)14-8-9-19-20(11-14)26-13-25-19/h3-9,11-12H,1,10,13H2,2H3. The molecule has 130 valence electrons. The molecule has 0 spiro atoms.